The van der Waals surface area contributed by atoms with Gasteiger partial charge in [0.2, 0.25) is 5.91 Å². The van der Waals surface area contributed by atoms with Crippen molar-refractivity contribution in [3.05, 3.63) is 36.5 Å². The molecule has 9 heteroatoms. The van der Waals surface area contributed by atoms with Gasteiger partial charge in [-0.3, -0.25) is 4.79 Å². The predicted octanol–water partition coefficient (Wildman–Crippen LogP) is 5.38. The minimum Gasteiger partial charge on any atom is -0.394 e. The van der Waals surface area contributed by atoms with Gasteiger partial charge < -0.3 is 40.3 Å². The average Bonchev–Trinajstić information content (AvgIpc) is 3.03. The zero-order chi connectivity index (χ0) is 33.1. The third-order valence-corrected chi connectivity index (χ3v) is 8.20. The Kier molecular flexibility index (Phi) is 25.3. The number of nitrogens with one attached hydrogen (secondary N) is 1. The van der Waals surface area contributed by atoms with Crippen molar-refractivity contribution in [2.24, 2.45) is 0 Å². The first kappa shape index (κ1) is 41.4. The summed E-state index contributed by atoms with van der Waals surface area (Å²) in [4.78, 5) is 12.5. The molecule has 9 nitrogen and oxygen atoms in total. The van der Waals surface area contributed by atoms with Gasteiger partial charge in [-0.1, -0.05) is 115 Å². The fraction of sp³-hybridized carbons (Fsp3) is 0.806. The highest BCUT2D eigenvalue weighted by Gasteiger charge is 2.44. The van der Waals surface area contributed by atoms with Crippen molar-refractivity contribution in [3.8, 4) is 0 Å². The summed E-state index contributed by atoms with van der Waals surface area (Å²) in [5.74, 6) is -0.219. The lowest BCUT2D eigenvalue weighted by Crippen LogP contribution is -2.60. The van der Waals surface area contributed by atoms with Crippen LogP contribution in [0.1, 0.15) is 129 Å². The van der Waals surface area contributed by atoms with Gasteiger partial charge in [-0.2, -0.15) is 0 Å². The molecule has 0 radical (unpaired) electrons. The summed E-state index contributed by atoms with van der Waals surface area (Å²) in [6.45, 7) is 3.53. The third kappa shape index (κ3) is 19.6. The van der Waals surface area contributed by atoms with Crippen LogP contribution in [0.2, 0.25) is 0 Å². The van der Waals surface area contributed by atoms with Crippen molar-refractivity contribution in [2.75, 3.05) is 13.2 Å². The van der Waals surface area contributed by atoms with Crippen molar-refractivity contribution < 1.29 is 39.8 Å². The number of carbonyl (C=O) groups excluding carboxylic acids is 1. The van der Waals surface area contributed by atoms with Crippen LogP contribution in [0.3, 0.4) is 0 Å². The zero-order valence-electron chi connectivity index (χ0n) is 28.1. The molecular formula is C36H65NO8. The van der Waals surface area contributed by atoms with E-state index in [0.717, 1.165) is 44.9 Å². The monoisotopic (exact) mass is 639 g/mol. The average molecular weight is 640 g/mol. The Hall–Kier alpha value is -1.59. The molecule has 1 rings (SSSR count). The fourth-order valence-corrected chi connectivity index (χ4v) is 5.24. The maximum Gasteiger partial charge on any atom is 0.220 e. The van der Waals surface area contributed by atoms with Gasteiger partial charge in [0.15, 0.2) is 6.29 Å². The zero-order valence-corrected chi connectivity index (χ0v) is 28.1. The van der Waals surface area contributed by atoms with Crippen LogP contribution in [0.5, 0.6) is 0 Å². The molecule has 0 aromatic heterocycles. The van der Waals surface area contributed by atoms with Gasteiger partial charge in [0.25, 0.3) is 0 Å². The van der Waals surface area contributed by atoms with Crippen LogP contribution in [0.15, 0.2) is 36.5 Å². The lowest BCUT2D eigenvalue weighted by molar-refractivity contribution is -0.302. The number of aliphatic hydroxyl groups is 5. The van der Waals surface area contributed by atoms with Crippen LogP contribution in [0.4, 0.5) is 0 Å². The molecule has 1 fully saturated rings. The Morgan fingerprint density at radius 3 is 1.87 bits per heavy atom. The van der Waals surface area contributed by atoms with Crippen molar-refractivity contribution in [3.63, 3.8) is 0 Å². The Balaban J connectivity index is 2.37. The minimum absolute atomic E-state index is 0.208. The van der Waals surface area contributed by atoms with E-state index in [0.29, 0.717) is 6.42 Å². The van der Waals surface area contributed by atoms with Crippen LogP contribution in [-0.2, 0) is 14.3 Å². The van der Waals surface area contributed by atoms with E-state index in [9.17, 15) is 30.3 Å². The number of hydrogen-bond donors (Lipinski definition) is 6. The van der Waals surface area contributed by atoms with Crippen LogP contribution in [-0.4, -0.2) is 87.5 Å². The molecule has 1 heterocycles. The Morgan fingerprint density at radius 2 is 1.27 bits per heavy atom. The van der Waals surface area contributed by atoms with E-state index >= 15 is 0 Å². The molecule has 0 aromatic carbocycles. The maximum absolute atomic E-state index is 12.5. The molecule has 0 spiro atoms. The number of allylic oxidation sites excluding steroid dienone is 5. The molecule has 0 bridgehead atoms. The summed E-state index contributed by atoms with van der Waals surface area (Å²) in [6, 6.07) is -0.819. The van der Waals surface area contributed by atoms with Gasteiger partial charge in [0.05, 0.1) is 25.4 Å². The minimum atomic E-state index is -1.57. The van der Waals surface area contributed by atoms with Crippen LogP contribution in [0.25, 0.3) is 0 Å². The van der Waals surface area contributed by atoms with Gasteiger partial charge in [0.1, 0.15) is 24.4 Å². The Morgan fingerprint density at radius 1 is 0.733 bits per heavy atom. The van der Waals surface area contributed by atoms with Crippen LogP contribution < -0.4 is 5.32 Å². The van der Waals surface area contributed by atoms with Gasteiger partial charge in [0, 0.05) is 6.42 Å². The molecule has 0 saturated carbocycles. The van der Waals surface area contributed by atoms with E-state index in [-0.39, 0.29) is 12.5 Å². The largest absolute Gasteiger partial charge is 0.394 e. The number of aliphatic hydroxyl groups excluding tert-OH is 5. The van der Waals surface area contributed by atoms with E-state index in [2.05, 4.69) is 43.5 Å². The Labute approximate surface area is 272 Å². The van der Waals surface area contributed by atoms with Crippen molar-refractivity contribution in [1.82, 2.24) is 5.32 Å². The lowest BCUT2D eigenvalue weighted by atomic mass is 9.99. The molecule has 45 heavy (non-hydrogen) atoms. The lowest BCUT2D eigenvalue weighted by Gasteiger charge is -2.40. The maximum atomic E-state index is 12.5. The fourth-order valence-electron chi connectivity index (χ4n) is 5.24. The van der Waals surface area contributed by atoms with Crippen LogP contribution >= 0.6 is 0 Å². The number of hydrogen-bond acceptors (Lipinski definition) is 8. The van der Waals surface area contributed by atoms with Gasteiger partial charge >= 0.3 is 0 Å². The van der Waals surface area contributed by atoms with Gasteiger partial charge in [-0.15, -0.1) is 0 Å². The molecule has 262 valence electrons. The molecule has 6 N–H and O–H groups in total. The molecule has 1 aliphatic heterocycles. The summed E-state index contributed by atoms with van der Waals surface area (Å²) in [5, 5.41) is 53.3. The summed E-state index contributed by atoms with van der Waals surface area (Å²) < 4.78 is 11.0. The second-order valence-corrected chi connectivity index (χ2v) is 12.3. The normalized spacial score (nSPS) is 23.8. The summed E-state index contributed by atoms with van der Waals surface area (Å²) in [7, 11) is 0. The molecule has 1 amide bonds. The summed E-state index contributed by atoms with van der Waals surface area (Å²) in [5.41, 5.74) is 0. The predicted molar refractivity (Wildman–Crippen MR) is 180 cm³/mol. The molecular weight excluding hydrogens is 574 g/mol. The number of unbranched alkanes of at least 4 members (excludes halogenated alkanes) is 13. The van der Waals surface area contributed by atoms with Crippen molar-refractivity contribution >= 4 is 5.91 Å². The second-order valence-electron chi connectivity index (χ2n) is 12.3. The van der Waals surface area contributed by atoms with E-state index in [1.807, 2.05) is 6.08 Å². The van der Waals surface area contributed by atoms with Gasteiger partial charge in [-0.25, -0.2) is 0 Å². The molecule has 0 aromatic rings. The quantitative estimate of drug-likeness (QED) is 0.0519. The summed E-state index contributed by atoms with van der Waals surface area (Å²) in [6.07, 6.45) is 24.2. The van der Waals surface area contributed by atoms with E-state index in [4.69, 9.17) is 9.47 Å². The van der Waals surface area contributed by atoms with E-state index < -0.39 is 49.5 Å². The van der Waals surface area contributed by atoms with Crippen molar-refractivity contribution in [1.29, 1.82) is 0 Å². The van der Waals surface area contributed by atoms with Crippen molar-refractivity contribution in [2.45, 2.75) is 172 Å². The highest BCUT2D eigenvalue weighted by molar-refractivity contribution is 5.76. The highest BCUT2D eigenvalue weighted by Crippen LogP contribution is 2.22. The first-order chi connectivity index (χ1) is 21.8. The standard InChI is InChI=1S/C36H65NO8/c1-3-5-7-8-9-10-11-12-13-14-15-16-17-18-19-20-21-22-24-25-30(39)29(37-32(40)26-23-6-4-2)28-44-36-35(43)34(42)33(41)31(27-38)45-36/h15-16,19-20,24-25,29-31,33-36,38-39,41-43H,3-14,17-18,21-23,26-28H2,1-2H3,(H,37,40)/b16-15+,20-19+,25-24+. The van der Waals surface area contributed by atoms with E-state index in [1.165, 1.54) is 64.2 Å². The highest BCUT2D eigenvalue weighted by atomic mass is 16.7. The molecule has 1 saturated heterocycles. The first-order valence-corrected chi connectivity index (χ1v) is 17.7. The third-order valence-electron chi connectivity index (χ3n) is 8.20. The van der Waals surface area contributed by atoms with Gasteiger partial charge in [-0.05, 0) is 44.9 Å². The van der Waals surface area contributed by atoms with E-state index in [1.54, 1.807) is 6.08 Å². The Bertz CT molecular complexity index is 802. The number of carbonyl (C=O) groups is 1. The number of rotatable bonds is 27. The topological polar surface area (TPSA) is 149 Å². The molecule has 7 atom stereocenters. The molecule has 0 aliphatic carbocycles. The number of ether oxygens (including phenoxy) is 2. The van der Waals surface area contributed by atoms with Crippen LogP contribution in [0, 0.1) is 0 Å². The smallest absolute Gasteiger partial charge is 0.220 e. The first-order valence-electron chi connectivity index (χ1n) is 17.7. The second kappa shape index (κ2) is 27.5. The SMILES string of the molecule is CCCCCCCCCCC/C=C/CC/C=C/CC/C=C/C(O)C(COC1OC(CO)C(O)C(O)C1O)NC(=O)CCCCC. The summed E-state index contributed by atoms with van der Waals surface area (Å²) >= 11 is 0. The molecule has 1 aliphatic rings. The number of amides is 1. The molecule has 7 unspecified atom stereocenters.